The van der Waals surface area contributed by atoms with Gasteiger partial charge in [-0.05, 0) is 42.5 Å². The summed E-state index contributed by atoms with van der Waals surface area (Å²) in [7, 11) is -3.85. The zero-order valence-corrected chi connectivity index (χ0v) is 13.0. The van der Waals surface area contributed by atoms with Crippen LogP contribution in [0.25, 0.3) is 6.08 Å². The van der Waals surface area contributed by atoms with Gasteiger partial charge in [-0.2, -0.15) is 5.26 Å². The van der Waals surface area contributed by atoms with Gasteiger partial charge in [-0.3, -0.25) is 0 Å². The van der Waals surface area contributed by atoms with E-state index in [2.05, 4.69) is 0 Å². The lowest BCUT2D eigenvalue weighted by molar-refractivity contribution is 0.603. The summed E-state index contributed by atoms with van der Waals surface area (Å²) in [5, 5.41) is 9.52. The van der Waals surface area contributed by atoms with Gasteiger partial charge in [0.2, 0.25) is 9.84 Å². The Balaban J connectivity index is 2.48. The first-order valence-corrected chi connectivity index (χ1v) is 8.37. The third-order valence-corrected chi connectivity index (χ3v) is 5.50. The number of benzene rings is 1. The molecule has 0 fully saturated rings. The molecule has 102 valence electrons. The summed E-state index contributed by atoms with van der Waals surface area (Å²) < 4.78 is 25.2. The molecule has 1 aromatic heterocycles. The molecule has 0 amide bonds. The van der Waals surface area contributed by atoms with E-state index in [0.29, 0.717) is 14.2 Å². The fraction of sp³-hybridized carbons (Fsp3) is 0. The summed E-state index contributed by atoms with van der Waals surface area (Å²) in [5.41, 5.74) is 0. The summed E-state index contributed by atoms with van der Waals surface area (Å²) in [5.74, 6) is 0. The highest BCUT2D eigenvalue weighted by molar-refractivity contribution is 7.95. The van der Waals surface area contributed by atoms with E-state index in [0.717, 1.165) is 0 Å². The van der Waals surface area contributed by atoms with Crippen molar-refractivity contribution in [3.05, 3.63) is 55.5 Å². The number of halogens is 2. The van der Waals surface area contributed by atoms with Gasteiger partial charge in [-0.25, -0.2) is 8.42 Å². The van der Waals surface area contributed by atoms with Gasteiger partial charge in [-0.1, -0.05) is 23.2 Å². The quantitative estimate of drug-likeness (QED) is 0.776. The monoisotopic (exact) mass is 343 g/mol. The smallest absolute Gasteiger partial charge is 0.216 e. The van der Waals surface area contributed by atoms with Gasteiger partial charge < -0.3 is 0 Å². The molecule has 2 rings (SSSR count). The molecule has 7 heteroatoms. The number of hydrogen-bond acceptors (Lipinski definition) is 4. The van der Waals surface area contributed by atoms with Crippen molar-refractivity contribution in [2.45, 2.75) is 4.90 Å². The Morgan fingerprint density at radius 3 is 2.30 bits per heavy atom. The number of allylic oxidation sites excluding steroid dienone is 1. The molecule has 0 aliphatic carbocycles. The minimum atomic E-state index is -3.85. The van der Waals surface area contributed by atoms with E-state index in [1.807, 2.05) is 0 Å². The Kier molecular flexibility index (Phi) is 4.51. The van der Waals surface area contributed by atoms with Crippen LogP contribution in [-0.4, -0.2) is 8.42 Å². The van der Waals surface area contributed by atoms with Crippen molar-refractivity contribution in [2.24, 2.45) is 0 Å². The Labute approximate surface area is 130 Å². The molecule has 0 saturated heterocycles. The van der Waals surface area contributed by atoms with Crippen LogP contribution in [0.1, 0.15) is 4.88 Å². The van der Waals surface area contributed by atoms with Crippen molar-refractivity contribution in [1.82, 2.24) is 0 Å². The first-order valence-electron chi connectivity index (χ1n) is 5.31. The summed E-state index contributed by atoms with van der Waals surface area (Å²) in [6.45, 7) is 0. The zero-order valence-electron chi connectivity index (χ0n) is 9.88. The Bertz CT molecular complexity index is 800. The van der Waals surface area contributed by atoms with Crippen molar-refractivity contribution in [1.29, 1.82) is 5.26 Å². The van der Waals surface area contributed by atoms with Crippen LogP contribution in [0.3, 0.4) is 0 Å². The molecule has 20 heavy (non-hydrogen) atoms. The molecule has 3 nitrogen and oxygen atoms in total. The largest absolute Gasteiger partial charge is 0.218 e. The zero-order chi connectivity index (χ0) is 14.8. The number of thiophene rings is 1. The highest BCUT2D eigenvalue weighted by atomic mass is 35.5. The summed E-state index contributed by atoms with van der Waals surface area (Å²) >= 11 is 12.7. The van der Waals surface area contributed by atoms with Crippen LogP contribution >= 0.6 is 34.5 Å². The van der Waals surface area contributed by atoms with Gasteiger partial charge in [0.15, 0.2) is 4.91 Å². The highest BCUT2D eigenvalue weighted by Crippen LogP contribution is 2.27. The minimum absolute atomic E-state index is 0.0253. The standard InChI is InChI=1S/C13H7Cl2NO2S2/c14-9-1-4-11(5-2-9)20(17,18)12(8-16)7-10-3-6-13(15)19-10/h1-7H/b12-7+. The van der Waals surface area contributed by atoms with Crippen LogP contribution in [0.2, 0.25) is 9.36 Å². The Hall–Kier alpha value is -1.32. The average Bonchev–Trinajstić information content (AvgIpc) is 2.82. The molecule has 0 atom stereocenters. The van der Waals surface area contributed by atoms with Crippen molar-refractivity contribution < 1.29 is 8.42 Å². The lowest BCUT2D eigenvalue weighted by atomic mass is 10.4. The van der Waals surface area contributed by atoms with Crippen LogP contribution in [-0.2, 0) is 9.84 Å². The maximum atomic E-state index is 12.3. The van der Waals surface area contributed by atoms with E-state index in [4.69, 9.17) is 28.5 Å². The van der Waals surface area contributed by atoms with Crippen molar-refractivity contribution in [2.75, 3.05) is 0 Å². The molecule has 0 aliphatic heterocycles. The molecule has 2 aromatic rings. The average molecular weight is 344 g/mol. The second kappa shape index (κ2) is 5.98. The van der Waals surface area contributed by atoms with Crippen LogP contribution < -0.4 is 0 Å². The van der Waals surface area contributed by atoms with E-state index in [1.54, 1.807) is 18.2 Å². The Morgan fingerprint density at radius 2 is 1.80 bits per heavy atom. The van der Waals surface area contributed by atoms with E-state index in [9.17, 15) is 8.42 Å². The van der Waals surface area contributed by atoms with E-state index in [1.165, 1.54) is 41.7 Å². The fourth-order valence-corrected chi connectivity index (χ4v) is 3.80. The van der Waals surface area contributed by atoms with Gasteiger partial charge in [0.25, 0.3) is 0 Å². The van der Waals surface area contributed by atoms with E-state index in [-0.39, 0.29) is 9.80 Å². The Morgan fingerprint density at radius 1 is 1.15 bits per heavy atom. The SMILES string of the molecule is N#C/C(=C\c1ccc(Cl)s1)S(=O)(=O)c1ccc(Cl)cc1. The lowest BCUT2D eigenvalue weighted by Gasteiger charge is -2.02. The third kappa shape index (κ3) is 3.22. The predicted molar refractivity (Wildman–Crippen MR) is 81.6 cm³/mol. The lowest BCUT2D eigenvalue weighted by Crippen LogP contribution is -2.03. The van der Waals surface area contributed by atoms with Crippen LogP contribution in [0.4, 0.5) is 0 Å². The maximum Gasteiger partial charge on any atom is 0.216 e. The normalized spacial score (nSPS) is 12.2. The number of nitrogens with zero attached hydrogens (tertiary/aromatic N) is 1. The molecular weight excluding hydrogens is 337 g/mol. The molecule has 0 spiro atoms. The first kappa shape index (κ1) is 15.1. The first-order chi connectivity index (χ1) is 9.43. The molecule has 0 bridgehead atoms. The third-order valence-electron chi connectivity index (χ3n) is 2.39. The highest BCUT2D eigenvalue weighted by Gasteiger charge is 2.20. The summed E-state index contributed by atoms with van der Waals surface area (Å²) in [4.78, 5) is 0.291. The minimum Gasteiger partial charge on any atom is -0.218 e. The van der Waals surface area contributed by atoms with Gasteiger partial charge in [0.05, 0.1) is 9.23 Å². The summed E-state index contributed by atoms with van der Waals surface area (Å²) in [6.07, 6.45) is 1.31. The van der Waals surface area contributed by atoms with E-state index >= 15 is 0 Å². The number of sulfone groups is 1. The molecule has 1 heterocycles. The second-order valence-electron chi connectivity index (χ2n) is 3.72. The van der Waals surface area contributed by atoms with Crippen molar-refractivity contribution in [3.63, 3.8) is 0 Å². The number of rotatable bonds is 3. The number of hydrogen-bond donors (Lipinski definition) is 0. The molecule has 0 N–H and O–H groups in total. The fourth-order valence-electron chi connectivity index (χ4n) is 1.45. The predicted octanol–water partition coefficient (Wildman–Crippen LogP) is 4.39. The molecule has 1 aromatic carbocycles. The van der Waals surface area contributed by atoms with Gasteiger partial charge in [0.1, 0.15) is 6.07 Å². The molecule has 0 saturated carbocycles. The molecule has 0 unspecified atom stereocenters. The second-order valence-corrected chi connectivity index (χ2v) is 7.82. The maximum absolute atomic E-state index is 12.3. The summed E-state index contributed by atoms with van der Waals surface area (Å²) in [6, 6.07) is 10.7. The topological polar surface area (TPSA) is 57.9 Å². The molecule has 0 radical (unpaired) electrons. The van der Waals surface area contributed by atoms with Crippen LogP contribution in [0.5, 0.6) is 0 Å². The van der Waals surface area contributed by atoms with Gasteiger partial charge >= 0.3 is 0 Å². The molecular formula is C13H7Cl2NO2S2. The van der Waals surface area contributed by atoms with Crippen molar-refractivity contribution in [3.8, 4) is 6.07 Å². The molecule has 0 aliphatic rings. The van der Waals surface area contributed by atoms with E-state index < -0.39 is 9.84 Å². The van der Waals surface area contributed by atoms with Gasteiger partial charge in [-0.15, -0.1) is 11.3 Å². The van der Waals surface area contributed by atoms with Gasteiger partial charge in [0, 0.05) is 9.90 Å². The van der Waals surface area contributed by atoms with Crippen LogP contribution in [0.15, 0.2) is 46.2 Å². The number of nitriles is 1. The van der Waals surface area contributed by atoms with Crippen molar-refractivity contribution >= 4 is 50.5 Å². The van der Waals surface area contributed by atoms with Crippen LogP contribution in [0, 0.1) is 11.3 Å².